The molecule has 0 spiro atoms. The molecule has 6 nitrogen and oxygen atoms in total. The maximum atomic E-state index is 11.4. The zero-order chi connectivity index (χ0) is 13.8. The van der Waals surface area contributed by atoms with Crippen molar-refractivity contribution in [2.45, 2.75) is 6.42 Å². The van der Waals surface area contributed by atoms with Gasteiger partial charge in [-0.25, -0.2) is 0 Å². The molecule has 0 unspecified atom stereocenters. The van der Waals surface area contributed by atoms with Gasteiger partial charge in [0.05, 0.1) is 24.5 Å². The van der Waals surface area contributed by atoms with Gasteiger partial charge < -0.3 is 21.4 Å². The van der Waals surface area contributed by atoms with Crippen molar-refractivity contribution < 1.29 is 9.59 Å². The largest absolute Gasteiger partial charge is 0.356 e. The molecule has 0 fully saturated rings. The summed E-state index contributed by atoms with van der Waals surface area (Å²) in [5, 5.41) is 0. The number of hydrogen-bond donors (Lipinski definition) is 4. The summed E-state index contributed by atoms with van der Waals surface area (Å²) in [5.74, 6) is -0.256. The minimum atomic E-state index is -0.128. The molecule has 0 amide bonds. The number of H-pyrrole nitrogens is 2. The topological polar surface area (TPSA) is 118 Å². The summed E-state index contributed by atoms with van der Waals surface area (Å²) >= 11 is 0. The molecule has 100 valence electrons. The van der Waals surface area contributed by atoms with E-state index in [1.807, 2.05) is 12.1 Å². The fourth-order valence-corrected chi connectivity index (χ4v) is 1.84. The maximum absolute atomic E-state index is 11.4. The first-order chi connectivity index (χ1) is 9.13. The van der Waals surface area contributed by atoms with Crippen LogP contribution in [0.1, 0.15) is 32.4 Å². The van der Waals surface area contributed by atoms with E-state index < -0.39 is 0 Å². The molecule has 0 aromatic carbocycles. The van der Waals surface area contributed by atoms with E-state index >= 15 is 0 Å². The molecule has 19 heavy (non-hydrogen) atoms. The molecule has 0 saturated heterocycles. The van der Waals surface area contributed by atoms with Gasteiger partial charge in [0.25, 0.3) is 0 Å². The van der Waals surface area contributed by atoms with E-state index in [-0.39, 0.29) is 24.7 Å². The zero-order valence-corrected chi connectivity index (χ0v) is 10.4. The first-order valence-electron chi connectivity index (χ1n) is 5.96. The average Bonchev–Trinajstić information content (AvgIpc) is 3.07. The van der Waals surface area contributed by atoms with E-state index in [1.54, 1.807) is 12.1 Å². The summed E-state index contributed by atoms with van der Waals surface area (Å²) in [6, 6.07) is 7.07. The van der Waals surface area contributed by atoms with E-state index in [9.17, 15) is 9.59 Å². The van der Waals surface area contributed by atoms with E-state index in [1.165, 1.54) is 0 Å². The maximum Gasteiger partial charge on any atom is 0.192 e. The number of nitrogens with one attached hydrogen (secondary N) is 2. The molecule has 0 atom stereocenters. The van der Waals surface area contributed by atoms with Crippen LogP contribution < -0.4 is 11.5 Å². The highest BCUT2D eigenvalue weighted by Crippen LogP contribution is 2.10. The van der Waals surface area contributed by atoms with Crippen LogP contribution in [0.3, 0.4) is 0 Å². The van der Waals surface area contributed by atoms with Gasteiger partial charge in [0.15, 0.2) is 11.6 Å². The van der Waals surface area contributed by atoms with Crippen molar-refractivity contribution in [2.24, 2.45) is 11.5 Å². The number of rotatable bonds is 6. The molecule has 0 radical (unpaired) electrons. The van der Waals surface area contributed by atoms with Gasteiger partial charge in [-0.15, -0.1) is 0 Å². The Hall–Kier alpha value is -2.18. The van der Waals surface area contributed by atoms with Crippen LogP contribution in [0.5, 0.6) is 0 Å². The number of ketones is 2. The van der Waals surface area contributed by atoms with Gasteiger partial charge in [-0.3, -0.25) is 9.59 Å². The SMILES string of the molecule is NCC(=O)c1ccc(Cc2ccc(C(=O)CN)[nH]2)[nH]1. The Balaban J connectivity index is 2.09. The van der Waals surface area contributed by atoms with Gasteiger partial charge in [-0.2, -0.15) is 0 Å². The van der Waals surface area contributed by atoms with Gasteiger partial charge in [0.1, 0.15) is 0 Å². The van der Waals surface area contributed by atoms with Crippen molar-refractivity contribution in [1.82, 2.24) is 9.97 Å². The van der Waals surface area contributed by atoms with E-state index in [4.69, 9.17) is 11.5 Å². The average molecular weight is 260 g/mol. The molecule has 0 bridgehead atoms. The second-order valence-electron chi connectivity index (χ2n) is 4.23. The first-order valence-corrected chi connectivity index (χ1v) is 5.96. The van der Waals surface area contributed by atoms with Crippen LogP contribution in [0.25, 0.3) is 0 Å². The van der Waals surface area contributed by atoms with Gasteiger partial charge >= 0.3 is 0 Å². The van der Waals surface area contributed by atoms with Gasteiger partial charge in [-0.05, 0) is 24.3 Å². The Morgan fingerprint density at radius 1 is 0.842 bits per heavy atom. The second-order valence-corrected chi connectivity index (χ2v) is 4.23. The van der Waals surface area contributed by atoms with Crippen molar-refractivity contribution in [3.8, 4) is 0 Å². The van der Waals surface area contributed by atoms with Crippen LogP contribution in [0, 0.1) is 0 Å². The highest BCUT2D eigenvalue weighted by Gasteiger charge is 2.09. The molecule has 2 heterocycles. The summed E-state index contributed by atoms with van der Waals surface area (Å²) in [6.07, 6.45) is 0.579. The van der Waals surface area contributed by atoms with Crippen LogP contribution >= 0.6 is 0 Å². The normalized spacial score (nSPS) is 10.6. The van der Waals surface area contributed by atoms with E-state index in [0.717, 1.165) is 11.4 Å². The molecule has 6 N–H and O–H groups in total. The molecule has 0 saturated carbocycles. The summed E-state index contributed by atoms with van der Waals surface area (Å²) in [7, 11) is 0. The summed E-state index contributed by atoms with van der Waals surface area (Å²) in [4.78, 5) is 28.8. The molecule has 2 rings (SSSR count). The lowest BCUT2D eigenvalue weighted by atomic mass is 10.2. The minimum absolute atomic E-state index is 0.0163. The lowest BCUT2D eigenvalue weighted by Crippen LogP contribution is -2.14. The molecule has 2 aromatic heterocycles. The monoisotopic (exact) mass is 260 g/mol. The Morgan fingerprint density at radius 2 is 1.26 bits per heavy atom. The highest BCUT2D eigenvalue weighted by atomic mass is 16.1. The van der Waals surface area contributed by atoms with Crippen molar-refractivity contribution in [2.75, 3.05) is 13.1 Å². The van der Waals surface area contributed by atoms with E-state index in [0.29, 0.717) is 17.8 Å². The Kier molecular flexibility index (Phi) is 3.94. The van der Waals surface area contributed by atoms with Crippen molar-refractivity contribution in [3.63, 3.8) is 0 Å². The molecular formula is C13H16N4O2. The number of aromatic amines is 2. The second kappa shape index (κ2) is 5.64. The standard InChI is InChI=1S/C13H16N4O2/c14-6-12(18)10-3-1-8(16-10)5-9-2-4-11(17-9)13(19)7-15/h1-4,16-17H,5-7,14-15H2. The fraction of sp³-hybridized carbons (Fsp3) is 0.231. The predicted molar refractivity (Wildman–Crippen MR) is 71.2 cm³/mol. The Labute approximate surface area is 110 Å². The van der Waals surface area contributed by atoms with Crippen molar-refractivity contribution in [3.05, 3.63) is 47.0 Å². The first kappa shape index (κ1) is 13.3. The molecule has 2 aromatic rings. The molecular weight excluding hydrogens is 244 g/mol. The quantitative estimate of drug-likeness (QED) is 0.555. The smallest absolute Gasteiger partial charge is 0.192 e. The summed E-state index contributed by atoms with van der Waals surface area (Å²) in [5.41, 5.74) is 13.3. The number of aromatic nitrogens is 2. The number of hydrogen-bond acceptors (Lipinski definition) is 4. The highest BCUT2D eigenvalue weighted by molar-refractivity contribution is 5.96. The molecule has 6 heteroatoms. The Morgan fingerprint density at radius 3 is 1.63 bits per heavy atom. The van der Waals surface area contributed by atoms with Crippen LogP contribution in [-0.4, -0.2) is 34.6 Å². The zero-order valence-electron chi connectivity index (χ0n) is 10.4. The van der Waals surface area contributed by atoms with Crippen molar-refractivity contribution in [1.29, 1.82) is 0 Å². The molecule has 0 aliphatic rings. The lowest BCUT2D eigenvalue weighted by Gasteiger charge is -1.97. The number of carbonyl (C=O) groups excluding carboxylic acids is 2. The van der Waals surface area contributed by atoms with Crippen molar-refractivity contribution >= 4 is 11.6 Å². The predicted octanol–water partition coefficient (Wildman–Crippen LogP) is 0.216. The van der Waals surface area contributed by atoms with Gasteiger partial charge in [0, 0.05) is 17.8 Å². The van der Waals surface area contributed by atoms with Crippen LogP contribution in [0.2, 0.25) is 0 Å². The third-order valence-corrected chi connectivity index (χ3v) is 2.85. The third kappa shape index (κ3) is 2.98. The number of carbonyl (C=O) groups is 2. The Bertz CT molecular complexity index is 545. The fourth-order valence-electron chi connectivity index (χ4n) is 1.84. The summed E-state index contributed by atoms with van der Waals surface area (Å²) < 4.78 is 0. The third-order valence-electron chi connectivity index (χ3n) is 2.85. The van der Waals surface area contributed by atoms with E-state index in [2.05, 4.69) is 9.97 Å². The van der Waals surface area contributed by atoms with Crippen LogP contribution in [0.15, 0.2) is 24.3 Å². The molecule has 0 aliphatic carbocycles. The number of Topliss-reactive ketones (excluding diaryl/α,β-unsaturated/α-hetero) is 2. The van der Waals surface area contributed by atoms with Gasteiger partial charge in [0.2, 0.25) is 0 Å². The van der Waals surface area contributed by atoms with Crippen LogP contribution in [0.4, 0.5) is 0 Å². The summed E-state index contributed by atoms with van der Waals surface area (Å²) in [6.45, 7) is -0.0325. The molecule has 0 aliphatic heterocycles. The minimum Gasteiger partial charge on any atom is -0.356 e. The lowest BCUT2D eigenvalue weighted by molar-refractivity contribution is 0.0989. The van der Waals surface area contributed by atoms with Crippen LogP contribution in [-0.2, 0) is 6.42 Å². The van der Waals surface area contributed by atoms with Gasteiger partial charge in [-0.1, -0.05) is 0 Å². The number of nitrogens with two attached hydrogens (primary N) is 2.